The Balaban J connectivity index is 1.76. The van der Waals surface area contributed by atoms with Gasteiger partial charge in [-0.05, 0) is 37.7 Å². The van der Waals surface area contributed by atoms with Gasteiger partial charge in [0.05, 0.1) is 11.6 Å². The fraction of sp³-hybridized carbons (Fsp3) is 0.562. The van der Waals surface area contributed by atoms with E-state index in [1.54, 1.807) is 7.05 Å². The van der Waals surface area contributed by atoms with E-state index in [1.165, 1.54) is 18.6 Å². The molecule has 2 rings (SSSR count). The summed E-state index contributed by atoms with van der Waals surface area (Å²) < 4.78 is 5.85. The standard InChI is InChI=1S/C16H24ClN3OS/c1-12(21-15-8-4-3-7-14(15)17)10-19-16(18-2)20-13-6-5-9-22-11-13/h3-4,7-8,12-13H,5-6,9-11H2,1-2H3,(H2,18,19,20). The van der Waals surface area contributed by atoms with Gasteiger partial charge in [-0.15, -0.1) is 0 Å². The molecule has 2 unspecified atom stereocenters. The van der Waals surface area contributed by atoms with E-state index in [-0.39, 0.29) is 6.10 Å². The smallest absolute Gasteiger partial charge is 0.191 e. The highest BCUT2D eigenvalue weighted by atomic mass is 35.5. The Morgan fingerprint density at radius 2 is 2.32 bits per heavy atom. The summed E-state index contributed by atoms with van der Waals surface area (Å²) in [5.74, 6) is 3.96. The third-order valence-electron chi connectivity index (χ3n) is 3.45. The first kappa shape index (κ1) is 17.3. The number of nitrogens with one attached hydrogen (secondary N) is 2. The third kappa shape index (κ3) is 5.61. The Hall–Kier alpha value is -1.07. The van der Waals surface area contributed by atoms with E-state index in [4.69, 9.17) is 16.3 Å². The van der Waals surface area contributed by atoms with Gasteiger partial charge < -0.3 is 15.4 Å². The van der Waals surface area contributed by atoms with Gasteiger partial charge in [-0.25, -0.2) is 0 Å². The minimum absolute atomic E-state index is 0.000758. The molecule has 1 fully saturated rings. The second-order valence-corrected chi connectivity index (χ2v) is 6.93. The molecule has 1 heterocycles. The molecule has 0 amide bonds. The average molecular weight is 342 g/mol. The van der Waals surface area contributed by atoms with Gasteiger partial charge in [0.2, 0.25) is 0 Å². The van der Waals surface area contributed by atoms with Crippen LogP contribution in [-0.2, 0) is 0 Å². The number of thioether (sulfide) groups is 1. The van der Waals surface area contributed by atoms with Gasteiger partial charge in [0, 0.05) is 18.8 Å². The molecular formula is C16H24ClN3OS. The van der Waals surface area contributed by atoms with Crippen LogP contribution in [0.15, 0.2) is 29.3 Å². The molecule has 0 aliphatic carbocycles. The molecular weight excluding hydrogens is 318 g/mol. The Morgan fingerprint density at radius 3 is 3.00 bits per heavy atom. The maximum atomic E-state index is 6.10. The van der Waals surface area contributed by atoms with Gasteiger partial charge in [0.25, 0.3) is 0 Å². The van der Waals surface area contributed by atoms with E-state index in [0.29, 0.717) is 23.4 Å². The molecule has 0 spiro atoms. The lowest BCUT2D eigenvalue weighted by Gasteiger charge is -2.25. The zero-order valence-electron chi connectivity index (χ0n) is 13.1. The number of guanidine groups is 1. The summed E-state index contributed by atoms with van der Waals surface area (Å²) in [7, 11) is 1.80. The molecule has 0 radical (unpaired) electrons. The van der Waals surface area contributed by atoms with Crippen molar-refractivity contribution >= 4 is 29.3 Å². The van der Waals surface area contributed by atoms with Crippen LogP contribution in [0.4, 0.5) is 0 Å². The van der Waals surface area contributed by atoms with Crippen LogP contribution in [0.25, 0.3) is 0 Å². The SMILES string of the molecule is CN=C(NCC(C)Oc1ccccc1Cl)NC1CCCSC1. The van der Waals surface area contributed by atoms with Crippen molar-refractivity contribution < 1.29 is 4.74 Å². The van der Waals surface area contributed by atoms with Gasteiger partial charge in [-0.2, -0.15) is 11.8 Å². The summed E-state index contributed by atoms with van der Waals surface area (Å²) in [4.78, 5) is 4.28. The fourth-order valence-electron chi connectivity index (χ4n) is 2.28. The van der Waals surface area contributed by atoms with E-state index in [1.807, 2.05) is 43.0 Å². The zero-order chi connectivity index (χ0) is 15.8. The Bertz CT molecular complexity index is 492. The van der Waals surface area contributed by atoms with Crippen LogP contribution in [0.1, 0.15) is 19.8 Å². The normalized spacial score (nSPS) is 20.3. The van der Waals surface area contributed by atoms with Gasteiger partial charge in [-0.3, -0.25) is 4.99 Å². The largest absolute Gasteiger partial charge is 0.487 e. The monoisotopic (exact) mass is 341 g/mol. The second kappa shape index (κ2) is 9.16. The summed E-state index contributed by atoms with van der Waals surface area (Å²) in [6.07, 6.45) is 2.48. The van der Waals surface area contributed by atoms with Crippen LogP contribution >= 0.6 is 23.4 Å². The summed E-state index contributed by atoms with van der Waals surface area (Å²) in [5.41, 5.74) is 0. The lowest BCUT2D eigenvalue weighted by atomic mass is 10.2. The van der Waals surface area contributed by atoms with Gasteiger partial charge in [0.15, 0.2) is 5.96 Å². The Morgan fingerprint density at radius 1 is 1.50 bits per heavy atom. The molecule has 0 aromatic heterocycles. The summed E-state index contributed by atoms with van der Waals surface area (Å²) >= 11 is 8.10. The molecule has 1 aromatic carbocycles. The Labute approximate surface area is 142 Å². The minimum Gasteiger partial charge on any atom is -0.487 e. The molecule has 1 saturated heterocycles. The predicted octanol–water partition coefficient (Wildman–Crippen LogP) is 3.17. The molecule has 1 aliphatic rings. The molecule has 22 heavy (non-hydrogen) atoms. The molecule has 6 heteroatoms. The molecule has 2 atom stereocenters. The van der Waals surface area contributed by atoms with Crippen molar-refractivity contribution in [2.45, 2.75) is 31.9 Å². The average Bonchev–Trinajstić information content (AvgIpc) is 2.54. The summed E-state index contributed by atoms with van der Waals surface area (Å²) in [6.45, 7) is 2.69. The molecule has 0 saturated carbocycles. The first-order valence-corrected chi connectivity index (χ1v) is 9.18. The molecule has 122 valence electrons. The first-order valence-electron chi connectivity index (χ1n) is 7.65. The number of para-hydroxylation sites is 1. The molecule has 1 aliphatic heterocycles. The van der Waals surface area contributed by atoms with E-state index in [0.717, 1.165) is 11.7 Å². The van der Waals surface area contributed by atoms with Gasteiger partial charge >= 0.3 is 0 Å². The van der Waals surface area contributed by atoms with Crippen LogP contribution in [-0.4, -0.2) is 43.2 Å². The number of rotatable bonds is 5. The van der Waals surface area contributed by atoms with Gasteiger partial charge in [0.1, 0.15) is 11.9 Å². The van der Waals surface area contributed by atoms with Crippen molar-refractivity contribution in [3.8, 4) is 5.75 Å². The maximum Gasteiger partial charge on any atom is 0.191 e. The maximum absolute atomic E-state index is 6.10. The molecule has 0 bridgehead atoms. The van der Waals surface area contributed by atoms with Crippen molar-refractivity contribution in [1.29, 1.82) is 0 Å². The third-order valence-corrected chi connectivity index (χ3v) is 4.97. The summed E-state index contributed by atoms with van der Waals surface area (Å²) in [6, 6.07) is 8.03. The topological polar surface area (TPSA) is 45.7 Å². The second-order valence-electron chi connectivity index (χ2n) is 5.37. The number of hydrogen-bond acceptors (Lipinski definition) is 3. The number of hydrogen-bond donors (Lipinski definition) is 2. The quantitative estimate of drug-likeness (QED) is 0.638. The predicted molar refractivity (Wildman–Crippen MR) is 96.4 cm³/mol. The van der Waals surface area contributed by atoms with Crippen LogP contribution in [0, 0.1) is 0 Å². The van der Waals surface area contributed by atoms with E-state index < -0.39 is 0 Å². The molecule has 1 aromatic rings. The minimum atomic E-state index is -0.000758. The van der Waals surface area contributed by atoms with Crippen molar-refractivity contribution in [3.05, 3.63) is 29.3 Å². The number of halogens is 1. The lowest BCUT2D eigenvalue weighted by Crippen LogP contribution is -2.47. The fourth-order valence-corrected chi connectivity index (χ4v) is 3.53. The van der Waals surface area contributed by atoms with Crippen molar-refractivity contribution in [3.63, 3.8) is 0 Å². The molecule has 4 nitrogen and oxygen atoms in total. The van der Waals surface area contributed by atoms with E-state index in [9.17, 15) is 0 Å². The van der Waals surface area contributed by atoms with Crippen LogP contribution in [0.2, 0.25) is 5.02 Å². The van der Waals surface area contributed by atoms with Crippen LogP contribution in [0.3, 0.4) is 0 Å². The highest BCUT2D eigenvalue weighted by molar-refractivity contribution is 7.99. The number of ether oxygens (including phenoxy) is 1. The zero-order valence-corrected chi connectivity index (χ0v) is 14.7. The van der Waals surface area contributed by atoms with E-state index in [2.05, 4.69) is 15.6 Å². The highest BCUT2D eigenvalue weighted by Gasteiger charge is 2.15. The Kier molecular flexibility index (Phi) is 7.19. The van der Waals surface area contributed by atoms with Crippen molar-refractivity contribution in [2.75, 3.05) is 25.1 Å². The van der Waals surface area contributed by atoms with Crippen LogP contribution < -0.4 is 15.4 Å². The van der Waals surface area contributed by atoms with Crippen LogP contribution in [0.5, 0.6) is 5.75 Å². The number of benzene rings is 1. The first-order chi connectivity index (χ1) is 10.7. The van der Waals surface area contributed by atoms with Gasteiger partial charge in [-0.1, -0.05) is 23.7 Å². The van der Waals surface area contributed by atoms with Crippen molar-refractivity contribution in [2.24, 2.45) is 4.99 Å². The lowest BCUT2D eigenvalue weighted by molar-refractivity contribution is 0.224. The molecule has 2 N–H and O–H groups in total. The van der Waals surface area contributed by atoms with E-state index >= 15 is 0 Å². The summed E-state index contributed by atoms with van der Waals surface area (Å²) in [5, 5.41) is 7.43. The highest BCUT2D eigenvalue weighted by Crippen LogP contribution is 2.24. The number of aliphatic imine (C=N–C) groups is 1. The van der Waals surface area contributed by atoms with Crippen molar-refractivity contribution in [1.82, 2.24) is 10.6 Å². The number of nitrogens with zero attached hydrogens (tertiary/aromatic N) is 1.